The maximum absolute atomic E-state index is 11.1. The summed E-state index contributed by atoms with van der Waals surface area (Å²) in [5, 5.41) is 0. The van der Waals surface area contributed by atoms with Crippen molar-refractivity contribution in [1.82, 2.24) is 0 Å². The first kappa shape index (κ1) is 10.9. The van der Waals surface area contributed by atoms with E-state index in [2.05, 4.69) is 6.58 Å². The first-order chi connectivity index (χ1) is 6.46. The van der Waals surface area contributed by atoms with Crippen LogP contribution in [0.5, 0.6) is 0 Å². The van der Waals surface area contributed by atoms with Gasteiger partial charge in [-0.2, -0.15) is 8.42 Å². The molecule has 0 aliphatic rings. The fraction of sp³-hybridized carbons (Fsp3) is 0.200. The molecule has 0 atom stereocenters. The molecule has 0 aliphatic carbocycles. The molecule has 14 heavy (non-hydrogen) atoms. The van der Waals surface area contributed by atoms with Gasteiger partial charge in [-0.3, -0.25) is 4.55 Å². The van der Waals surface area contributed by atoms with Crippen LogP contribution in [-0.4, -0.2) is 13.0 Å². The summed E-state index contributed by atoms with van der Waals surface area (Å²) < 4.78 is 31.2. The van der Waals surface area contributed by atoms with Crippen LogP contribution in [0.2, 0.25) is 0 Å². The van der Waals surface area contributed by atoms with Gasteiger partial charge in [-0.25, -0.2) is 0 Å². The molecule has 0 unspecified atom stereocenters. The summed E-state index contributed by atoms with van der Waals surface area (Å²) in [7, 11) is -4.13. The van der Waals surface area contributed by atoms with Crippen molar-refractivity contribution < 1.29 is 13.0 Å². The molecule has 1 aromatic rings. The maximum atomic E-state index is 11.1. The first-order valence-electron chi connectivity index (χ1n) is 4.13. The van der Waals surface area contributed by atoms with Gasteiger partial charge in [0.2, 0.25) is 0 Å². The van der Waals surface area contributed by atoms with Gasteiger partial charge < -0.3 is 0 Å². The van der Waals surface area contributed by atoms with Gasteiger partial charge in [-0.15, -0.1) is 6.58 Å². The van der Waals surface area contributed by atoms with Crippen LogP contribution < -0.4 is 0 Å². The predicted molar refractivity (Wildman–Crippen MR) is 54.9 cm³/mol. The van der Waals surface area contributed by atoms with Crippen LogP contribution in [-0.2, 0) is 16.5 Å². The van der Waals surface area contributed by atoms with Gasteiger partial charge in [0.05, 0.1) is 0 Å². The summed E-state index contributed by atoms with van der Waals surface area (Å²) in [6.45, 7) is 5.18. The van der Waals surface area contributed by atoms with Crippen molar-refractivity contribution in [3.63, 3.8) is 0 Å². The van der Waals surface area contributed by atoms with Crippen molar-refractivity contribution in [2.24, 2.45) is 0 Å². The second-order valence-electron chi connectivity index (χ2n) is 3.03. The highest BCUT2D eigenvalue weighted by Gasteiger charge is 2.16. The Morgan fingerprint density at radius 3 is 2.64 bits per heavy atom. The Morgan fingerprint density at radius 2 is 2.14 bits per heavy atom. The van der Waals surface area contributed by atoms with Crippen LogP contribution in [0.3, 0.4) is 0 Å². The predicted octanol–water partition coefficient (Wildman–Crippen LogP) is 1.97. The molecule has 76 valence electrons. The van der Waals surface area contributed by atoms with Crippen LogP contribution in [0.1, 0.15) is 11.1 Å². The maximum Gasteiger partial charge on any atom is 0.295 e. The van der Waals surface area contributed by atoms with Gasteiger partial charge in [0.1, 0.15) is 4.90 Å². The highest BCUT2D eigenvalue weighted by molar-refractivity contribution is 7.86. The summed E-state index contributed by atoms with van der Waals surface area (Å²) in [5.74, 6) is 0. The highest BCUT2D eigenvalue weighted by Crippen LogP contribution is 2.20. The van der Waals surface area contributed by atoms with E-state index in [4.69, 9.17) is 4.55 Å². The van der Waals surface area contributed by atoms with Crippen molar-refractivity contribution >= 4 is 10.1 Å². The van der Waals surface area contributed by atoms with E-state index in [0.717, 1.165) is 0 Å². The van der Waals surface area contributed by atoms with E-state index in [-0.39, 0.29) is 4.90 Å². The molecule has 3 nitrogen and oxygen atoms in total. The second-order valence-corrected chi connectivity index (χ2v) is 4.39. The van der Waals surface area contributed by atoms with E-state index in [1.807, 2.05) is 0 Å². The minimum absolute atomic E-state index is 0.0000926. The number of hydrogen-bond acceptors (Lipinski definition) is 2. The Labute approximate surface area is 83.8 Å². The Kier molecular flexibility index (Phi) is 3.08. The quantitative estimate of drug-likeness (QED) is 0.615. The average molecular weight is 212 g/mol. The summed E-state index contributed by atoms with van der Waals surface area (Å²) in [4.78, 5) is -0.0000926. The number of aryl methyl sites for hydroxylation is 1. The van der Waals surface area contributed by atoms with E-state index in [1.165, 1.54) is 0 Å². The summed E-state index contributed by atoms with van der Waals surface area (Å²) in [6, 6.07) is 5.07. The molecule has 0 fully saturated rings. The van der Waals surface area contributed by atoms with Crippen LogP contribution in [0.4, 0.5) is 0 Å². The lowest BCUT2D eigenvalue weighted by atomic mass is 10.1. The molecule has 0 bridgehead atoms. The molecule has 4 heteroatoms. The normalized spacial score (nSPS) is 11.3. The molecule has 0 amide bonds. The number of rotatable bonds is 3. The number of allylic oxidation sites excluding steroid dienone is 1. The molecule has 0 spiro atoms. The fourth-order valence-electron chi connectivity index (χ4n) is 1.40. The first-order valence-corrected chi connectivity index (χ1v) is 5.57. The number of benzene rings is 1. The molecule has 0 radical (unpaired) electrons. The molecular weight excluding hydrogens is 200 g/mol. The molecule has 1 aromatic carbocycles. The Hall–Kier alpha value is -1.13. The third kappa shape index (κ3) is 2.21. The summed E-state index contributed by atoms with van der Waals surface area (Å²) >= 11 is 0. The zero-order valence-electron chi connectivity index (χ0n) is 7.90. The topological polar surface area (TPSA) is 54.4 Å². The molecule has 0 saturated heterocycles. The van der Waals surface area contributed by atoms with E-state index in [9.17, 15) is 8.42 Å². The SMILES string of the molecule is C=CCc1cccc(C)c1S(=O)(=O)O. The molecule has 1 N–H and O–H groups in total. The van der Waals surface area contributed by atoms with Crippen LogP contribution in [0.15, 0.2) is 35.7 Å². The highest BCUT2D eigenvalue weighted by atomic mass is 32.2. The lowest BCUT2D eigenvalue weighted by Gasteiger charge is -2.07. The van der Waals surface area contributed by atoms with E-state index < -0.39 is 10.1 Å². The lowest BCUT2D eigenvalue weighted by Crippen LogP contribution is -2.05. The molecule has 0 aromatic heterocycles. The van der Waals surface area contributed by atoms with Gasteiger partial charge in [-0.1, -0.05) is 24.3 Å². The molecule has 1 rings (SSSR count). The average Bonchev–Trinajstić information content (AvgIpc) is 2.02. The second kappa shape index (κ2) is 3.94. The molecular formula is C10H12O3S. The van der Waals surface area contributed by atoms with Gasteiger partial charge in [0.15, 0.2) is 0 Å². The van der Waals surface area contributed by atoms with Crippen LogP contribution >= 0.6 is 0 Å². The zero-order valence-corrected chi connectivity index (χ0v) is 8.71. The largest absolute Gasteiger partial charge is 0.295 e. The lowest BCUT2D eigenvalue weighted by molar-refractivity contribution is 0.481. The summed E-state index contributed by atoms with van der Waals surface area (Å²) in [5.41, 5.74) is 1.12. The zero-order chi connectivity index (χ0) is 10.8. The number of hydrogen-bond donors (Lipinski definition) is 1. The van der Waals surface area contributed by atoms with Crippen molar-refractivity contribution in [2.45, 2.75) is 18.2 Å². The monoisotopic (exact) mass is 212 g/mol. The van der Waals surface area contributed by atoms with E-state index in [0.29, 0.717) is 17.5 Å². The third-order valence-electron chi connectivity index (χ3n) is 1.92. The van der Waals surface area contributed by atoms with E-state index in [1.54, 1.807) is 31.2 Å². The minimum Gasteiger partial charge on any atom is -0.282 e. The van der Waals surface area contributed by atoms with Gasteiger partial charge in [0, 0.05) is 0 Å². The van der Waals surface area contributed by atoms with Gasteiger partial charge in [-0.05, 0) is 24.5 Å². The van der Waals surface area contributed by atoms with Crippen molar-refractivity contribution in [2.75, 3.05) is 0 Å². The van der Waals surface area contributed by atoms with Crippen molar-refractivity contribution in [3.8, 4) is 0 Å². The van der Waals surface area contributed by atoms with Crippen molar-refractivity contribution in [1.29, 1.82) is 0 Å². The van der Waals surface area contributed by atoms with Crippen LogP contribution in [0, 0.1) is 6.92 Å². The van der Waals surface area contributed by atoms with E-state index >= 15 is 0 Å². The fourth-order valence-corrected chi connectivity index (χ4v) is 2.36. The smallest absolute Gasteiger partial charge is 0.282 e. The standard InChI is InChI=1S/C10H12O3S/c1-3-5-9-7-4-6-8(2)10(9)14(11,12)13/h3-4,6-7H,1,5H2,2H3,(H,11,12,13). The van der Waals surface area contributed by atoms with Gasteiger partial charge >= 0.3 is 0 Å². The summed E-state index contributed by atoms with van der Waals surface area (Å²) in [6.07, 6.45) is 2.03. The Morgan fingerprint density at radius 1 is 1.50 bits per heavy atom. The van der Waals surface area contributed by atoms with Gasteiger partial charge in [0.25, 0.3) is 10.1 Å². The van der Waals surface area contributed by atoms with Crippen molar-refractivity contribution in [3.05, 3.63) is 42.0 Å². The molecule has 0 heterocycles. The van der Waals surface area contributed by atoms with Crippen LogP contribution in [0.25, 0.3) is 0 Å². The minimum atomic E-state index is -4.13. The molecule has 0 saturated carbocycles. The molecule has 0 aliphatic heterocycles. The Bertz CT molecular complexity index is 446. The third-order valence-corrected chi connectivity index (χ3v) is 3.02. The Balaban J connectivity index is 3.45.